The summed E-state index contributed by atoms with van der Waals surface area (Å²) in [5.41, 5.74) is 7.83. The molecule has 1 heterocycles. The van der Waals surface area contributed by atoms with E-state index >= 15 is 0 Å². The minimum atomic E-state index is -0.483. The van der Waals surface area contributed by atoms with E-state index in [0.717, 1.165) is 41.7 Å². The molecule has 3 rings (SSSR count). The fourth-order valence-corrected chi connectivity index (χ4v) is 4.35. The lowest BCUT2D eigenvalue weighted by Gasteiger charge is -2.11. The molecule has 3 N–H and O–H groups in total. The van der Waals surface area contributed by atoms with Crippen molar-refractivity contribution in [3.05, 3.63) is 56.9 Å². The van der Waals surface area contributed by atoms with Gasteiger partial charge >= 0.3 is 0 Å². The Bertz CT molecular complexity index is 826. The Morgan fingerprint density at radius 2 is 2.04 bits per heavy atom. The van der Waals surface area contributed by atoms with Crippen LogP contribution in [0.4, 0.5) is 5.00 Å². The molecule has 24 heavy (non-hydrogen) atoms. The topological polar surface area (TPSA) is 72.2 Å². The lowest BCUT2D eigenvalue weighted by atomic mass is 9.95. The van der Waals surface area contributed by atoms with Gasteiger partial charge in [-0.15, -0.1) is 11.3 Å². The molecule has 0 saturated carbocycles. The summed E-state index contributed by atoms with van der Waals surface area (Å²) in [5, 5.41) is 3.95. The van der Waals surface area contributed by atoms with Crippen LogP contribution in [0.5, 0.6) is 0 Å². The van der Waals surface area contributed by atoms with Gasteiger partial charge in [0.25, 0.3) is 5.91 Å². The molecule has 2 amide bonds. The molecule has 4 nitrogen and oxygen atoms in total. The molecular formula is C18H17ClN2O2S. The highest BCUT2D eigenvalue weighted by Crippen LogP contribution is 2.37. The first-order valence-electron chi connectivity index (χ1n) is 7.73. The number of carbonyl (C=O) groups is 2. The largest absolute Gasteiger partial charge is 0.365 e. The number of anilines is 1. The number of amides is 2. The summed E-state index contributed by atoms with van der Waals surface area (Å²) in [7, 11) is 0. The number of carbonyl (C=O) groups excluding carboxylic acids is 2. The molecule has 0 fully saturated rings. The van der Waals surface area contributed by atoms with Gasteiger partial charge in [-0.25, -0.2) is 0 Å². The Balaban J connectivity index is 1.79. The number of primary amides is 1. The Kier molecular flexibility index (Phi) is 5.02. The third kappa shape index (κ3) is 3.68. The number of halogens is 1. The number of fused-ring (bicyclic) bond motifs is 1. The van der Waals surface area contributed by atoms with Crippen molar-refractivity contribution < 1.29 is 9.59 Å². The number of rotatable bonds is 4. The maximum absolute atomic E-state index is 12.2. The molecular weight excluding hydrogens is 344 g/mol. The van der Waals surface area contributed by atoms with Crippen LogP contribution in [-0.2, 0) is 17.6 Å². The average Bonchev–Trinajstić information content (AvgIpc) is 2.91. The second-order valence-corrected chi connectivity index (χ2v) is 7.20. The van der Waals surface area contributed by atoms with E-state index in [0.29, 0.717) is 15.6 Å². The fraction of sp³-hybridized carbons (Fsp3) is 0.222. The van der Waals surface area contributed by atoms with Crippen LogP contribution in [0, 0.1) is 0 Å². The van der Waals surface area contributed by atoms with E-state index in [1.807, 2.05) is 12.1 Å². The average molecular weight is 361 g/mol. The highest BCUT2D eigenvalue weighted by Gasteiger charge is 2.24. The first kappa shape index (κ1) is 16.7. The first-order valence-corrected chi connectivity index (χ1v) is 8.93. The number of hydrogen-bond donors (Lipinski definition) is 2. The van der Waals surface area contributed by atoms with E-state index in [4.69, 9.17) is 17.3 Å². The molecule has 1 aliphatic carbocycles. The second-order valence-electron chi connectivity index (χ2n) is 5.66. The summed E-state index contributed by atoms with van der Waals surface area (Å²) >= 11 is 7.37. The van der Waals surface area contributed by atoms with Crippen LogP contribution in [0.1, 0.15) is 39.2 Å². The van der Waals surface area contributed by atoms with Crippen molar-refractivity contribution in [2.24, 2.45) is 5.73 Å². The van der Waals surface area contributed by atoms with Gasteiger partial charge in [-0.3, -0.25) is 9.59 Å². The maximum Gasteiger partial charge on any atom is 0.251 e. The molecule has 1 aromatic carbocycles. The highest BCUT2D eigenvalue weighted by atomic mass is 35.5. The Morgan fingerprint density at radius 3 is 2.79 bits per heavy atom. The molecule has 0 bridgehead atoms. The molecule has 0 unspecified atom stereocenters. The zero-order chi connectivity index (χ0) is 17.1. The fourth-order valence-electron chi connectivity index (χ4n) is 2.85. The molecule has 0 aliphatic heterocycles. The number of thiophene rings is 1. The summed E-state index contributed by atoms with van der Waals surface area (Å²) in [6, 6.07) is 7.21. The highest BCUT2D eigenvalue weighted by molar-refractivity contribution is 7.17. The van der Waals surface area contributed by atoms with E-state index in [2.05, 4.69) is 5.32 Å². The smallest absolute Gasteiger partial charge is 0.251 e. The van der Waals surface area contributed by atoms with Gasteiger partial charge in [0, 0.05) is 16.0 Å². The number of aryl methyl sites for hydroxylation is 1. The third-order valence-electron chi connectivity index (χ3n) is 3.93. The molecule has 0 radical (unpaired) electrons. The van der Waals surface area contributed by atoms with Gasteiger partial charge in [0.05, 0.1) is 5.56 Å². The van der Waals surface area contributed by atoms with Gasteiger partial charge in [0.2, 0.25) is 5.91 Å². The zero-order valence-corrected chi connectivity index (χ0v) is 14.5. The number of hydrogen-bond acceptors (Lipinski definition) is 3. The van der Waals surface area contributed by atoms with Gasteiger partial charge in [-0.05, 0) is 55.0 Å². The van der Waals surface area contributed by atoms with Crippen LogP contribution >= 0.6 is 22.9 Å². The van der Waals surface area contributed by atoms with Crippen molar-refractivity contribution in [3.8, 4) is 0 Å². The van der Waals surface area contributed by atoms with Crippen LogP contribution in [0.25, 0.3) is 6.08 Å². The Morgan fingerprint density at radius 1 is 1.25 bits per heavy atom. The monoisotopic (exact) mass is 360 g/mol. The van der Waals surface area contributed by atoms with Crippen LogP contribution in [0.3, 0.4) is 0 Å². The predicted octanol–water partition coefficient (Wildman–Crippen LogP) is 4.03. The minimum Gasteiger partial charge on any atom is -0.365 e. The molecule has 124 valence electrons. The number of nitrogens with one attached hydrogen (secondary N) is 1. The number of benzene rings is 1. The maximum atomic E-state index is 12.2. The zero-order valence-electron chi connectivity index (χ0n) is 13.0. The molecule has 1 aliphatic rings. The predicted molar refractivity (Wildman–Crippen MR) is 98.6 cm³/mol. The van der Waals surface area contributed by atoms with E-state index in [1.165, 1.54) is 17.4 Å². The van der Waals surface area contributed by atoms with Crippen molar-refractivity contribution >= 4 is 45.8 Å². The van der Waals surface area contributed by atoms with Crippen LogP contribution in [0.2, 0.25) is 5.02 Å². The van der Waals surface area contributed by atoms with E-state index in [-0.39, 0.29) is 5.91 Å². The van der Waals surface area contributed by atoms with E-state index < -0.39 is 5.91 Å². The van der Waals surface area contributed by atoms with Crippen LogP contribution in [-0.4, -0.2) is 11.8 Å². The van der Waals surface area contributed by atoms with Gasteiger partial charge in [-0.1, -0.05) is 23.7 Å². The van der Waals surface area contributed by atoms with Crippen molar-refractivity contribution in [3.63, 3.8) is 0 Å². The van der Waals surface area contributed by atoms with Gasteiger partial charge in [-0.2, -0.15) is 0 Å². The molecule has 6 heteroatoms. The van der Waals surface area contributed by atoms with Crippen LogP contribution in [0.15, 0.2) is 30.3 Å². The standard InChI is InChI=1S/C18H17ClN2O2S/c19-12-5-3-4-11(10-12)8-9-15(22)21-18-16(17(20)23)13-6-1-2-7-14(13)24-18/h3-5,8-10H,1-2,6-7H2,(H2,20,23)(H,21,22)/b9-8+. The normalized spacial score (nSPS) is 13.7. The second kappa shape index (κ2) is 7.20. The van der Waals surface area contributed by atoms with Gasteiger partial charge < -0.3 is 11.1 Å². The van der Waals surface area contributed by atoms with Crippen molar-refractivity contribution in [1.29, 1.82) is 0 Å². The lowest BCUT2D eigenvalue weighted by molar-refractivity contribution is -0.111. The third-order valence-corrected chi connectivity index (χ3v) is 5.37. The summed E-state index contributed by atoms with van der Waals surface area (Å²) in [5.74, 6) is -0.778. The lowest BCUT2D eigenvalue weighted by Crippen LogP contribution is -2.17. The molecule has 1 aromatic heterocycles. The van der Waals surface area contributed by atoms with Crippen molar-refractivity contribution in [2.45, 2.75) is 25.7 Å². The van der Waals surface area contributed by atoms with Crippen molar-refractivity contribution in [2.75, 3.05) is 5.32 Å². The van der Waals surface area contributed by atoms with Crippen LogP contribution < -0.4 is 11.1 Å². The quantitative estimate of drug-likeness (QED) is 0.808. The molecule has 0 saturated heterocycles. The summed E-state index contributed by atoms with van der Waals surface area (Å²) < 4.78 is 0. The van der Waals surface area contributed by atoms with E-state index in [1.54, 1.807) is 18.2 Å². The Labute approximate surface area is 149 Å². The molecule has 2 aromatic rings. The first-order chi connectivity index (χ1) is 11.5. The summed E-state index contributed by atoms with van der Waals surface area (Å²) in [6.45, 7) is 0. The van der Waals surface area contributed by atoms with Gasteiger partial charge in [0.15, 0.2) is 0 Å². The Hall–Kier alpha value is -2.11. The number of nitrogens with two attached hydrogens (primary N) is 1. The summed E-state index contributed by atoms with van der Waals surface area (Å²) in [6.07, 6.45) is 7.04. The van der Waals surface area contributed by atoms with E-state index in [9.17, 15) is 9.59 Å². The SMILES string of the molecule is NC(=O)c1c(NC(=O)/C=C/c2cccc(Cl)c2)sc2c1CCCC2. The molecule has 0 atom stereocenters. The van der Waals surface area contributed by atoms with Crippen molar-refractivity contribution in [1.82, 2.24) is 0 Å². The summed E-state index contributed by atoms with van der Waals surface area (Å²) in [4.78, 5) is 25.1. The minimum absolute atomic E-state index is 0.295. The van der Waals surface area contributed by atoms with Gasteiger partial charge in [0.1, 0.15) is 5.00 Å². The molecule has 0 spiro atoms.